The van der Waals surface area contributed by atoms with Gasteiger partial charge in [-0.05, 0) is 0 Å². The zero-order chi connectivity index (χ0) is 9.15. The summed E-state index contributed by atoms with van der Waals surface area (Å²) in [7, 11) is -0.464. The minimum absolute atomic E-state index is 0.157. The predicted molar refractivity (Wildman–Crippen MR) is 43.8 cm³/mol. The molecule has 0 aliphatic carbocycles. The summed E-state index contributed by atoms with van der Waals surface area (Å²) in [5.74, 6) is -1.26. The van der Waals surface area contributed by atoms with Gasteiger partial charge >= 0.3 is 14.7 Å². The van der Waals surface area contributed by atoms with Crippen LogP contribution in [0.3, 0.4) is 0 Å². The zero-order valence-electron chi connectivity index (χ0n) is 6.67. The first-order chi connectivity index (χ1) is 6.37. The number of ether oxygens (including phenoxy) is 2. The summed E-state index contributed by atoms with van der Waals surface area (Å²) in [4.78, 5) is 0. The molecule has 1 fully saturated rings. The van der Waals surface area contributed by atoms with Gasteiger partial charge < -0.3 is 0 Å². The summed E-state index contributed by atoms with van der Waals surface area (Å²) in [5, 5.41) is 0. The summed E-state index contributed by atoms with van der Waals surface area (Å²) in [6, 6.07) is 9.08. The highest BCUT2D eigenvalue weighted by atomic mass is 31.1. The van der Waals surface area contributed by atoms with Gasteiger partial charge in [0.1, 0.15) is 0 Å². The standard InChI is InChI=1S/C8H7O4P/c9-13-12-8(10-6-11-8)7-4-2-1-3-5-7/h1-5H,6H2. The Labute approximate surface area is 76.7 Å². The van der Waals surface area contributed by atoms with Gasteiger partial charge in [0.15, 0.2) is 6.79 Å². The van der Waals surface area contributed by atoms with Crippen LogP contribution in [0.4, 0.5) is 0 Å². The molecule has 0 unspecified atom stereocenters. The van der Waals surface area contributed by atoms with Gasteiger partial charge in [0.2, 0.25) is 0 Å². The molecule has 1 heterocycles. The second-order valence-corrected chi connectivity index (χ2v) is 2.83. The molecule has 13 heavy (non-hydrogen) atoms. The van der Waals surface area contributed by atoms with Crippen molar-refractivity contribution in [1.82, 2.24) is 0 Å². The van der Waals surface area contributed by atoms with Crippen molar-refractivity contribution in [2.24, 2.45) is 0 Å². The summed E-state index contributed by atoms with van der Waals surface area (Å²) in [6.07, 6.45) is 0. The van der Waals surface area contributed by atoms with Gasteiger partial charge in [-0.2, -0.15) is 0 Å². The van der Waals surface area contributed by atoms with E-state index < -0.39 is 14.7 Å². The van der Waals surface area contributed by atoms with Gasteiger partial charge in [-0.15, -0.1) is 0 Å². The van der Waals surface area contributed by atoms with E-state index in [9.17, 15) is 4.57 Å². The van der Waals surface area contributed by atoms with Crippen LogP contribution in [0.2, 0.25) is 0 Å². The van der Waals surface area contributed by atoms with Crippen molar-refractivity contribution in [3.8, 4) is 0 Å². The third kappa shape index (κ3) is 1.49. The highest BCUT2D eigenvalue weighted by Crippen LogP contribution is 2.38. The van der Waals surface area contributed by atoms with Crippen molar-refractivity contribution in [1.29, 1.82) is 0 Å². The van der Waals surface area contributed by atoms with Crippen LogP contribution in [-0.2, 0) is 24.5 Å². The molecule has 4 nitrogen and oxygen atoms in total. The number of benzene rings is 1. The minimum atomic E-state index is -1.26. The van der Waals surface area contributed by atoms with E-state index in [0.29, 0.717) is 5.56 Å². The predicted octanol–water partition coefficient (Wildman–Crippen LogP) is 2.02. The molecule has 68 valence electrons. The molecular weight excluding hydrogens is 191 g/mol. The fourth-order valence-electron chi connectivity index (χ4n) is 1.13. The monoisotopic (exact) mass is 198 g/mol. The highest BCUT2D eigenvalue weighted by Gasteiger charge is 2.44. The molecule has 0 spiro atoms. The van der Waals surface area contributed by atoms with E-state index in [1.807, 2.05) is 18.2 Å². The van der Waals surface area contributed by atoms with Crippen molar-refractivity contribution in [3.05, 3.63) is 35.9 Å². The van der Waals surface area contributed by atoms with Crippen LogP contribution in [0.25, 0.3) is 0 Å². The van der Waals surface area contributed by atoms with Crippen molar-refractivity contribution in [2.75, 3.05) is 6.79 Å². The number of rotatable bonds is 3. The van der Waals surface area contributed by atoms with E-state index in [-0.39, 0.29) is 6.79 Å². The Morgan fingerprint density at radius 3 is 2.46 bits per heavy atom. The molecule has 0 bridgehead atoms. The molecule has 1 aromatic rings. The summed E-state index contributed by atoms with van der Waals surface area (Å²) >= 11 is 0. The van der Waals surface area contributed by atoms with Crippen LogP contribution in [0.15, 0.2) is 30.3 Å². The summed E-state index contributed by atoms with van der Waals surface area (Å²) in [5.41, 5.74) is 0.699. The molecule has 0 N–H and O–H groups in total. The van der Waals surface area contributed by atoms with Crippen molar-refractivity contribution < 1.29 is 18.6 Å². The number of hydrogen-bond donors (Lipinski definition) is 0. The van der Waals surface area contributed by atoms with Crippen LogP contribution in [0.5, 0.6) is 0 Å². The maximum atomic E-state index is 10.3. The molecular formula is C8H7O4P. The molecule has 0 amide bonds. The maximum absolute atomic E-state index is 10.3. The van der Waals surface area contributed by atoms with Gasteiger partial charge in [0, 0.05) is 5.56 Å². The lowest BCUT2D eigenvalue weighted by Crippen LogP contribution is -2.44. The molecule has 2 rings (SSSR count). The van der Waals surface area contributed by atoms with Crippen molar-refractivity contribution in [3.63, 3.8) is 0 Å². The van der Waals surface area contributed by atoms with E-state index in [2.05, 4.69) is 0 Å². The first-order valence-electron chi connectivity index (χ1n) is 3.72. The fourth-order valence-corrected chi connectivity index (χ4v) is 1.44. The van der Waals surface area contributed by atoms with Gasteiger partial charge in [-0.25, -0.2) is 9.09 Å². The lowest BCUT2D eigenvalue weighted by atomic mass is 10.2. The van der Waals surface area contributed by atoms with E-state index >= 15 is 0 Å². The van der Waals surface area contributed by atoms with Crippen LogP contribution < -0.4 is 0 Å². The molecule has 1 saturated heterocycles. The summed E-state index contributed by atoms with van der Waals surface area (Å²) in [6.45, 7) is 0.157. The second-order valence-electron chi connectivity index (χ2n) is 2.49. The Morgan fingerprint density at radius 2 is 2.00 bits per heavy atom. The van der Waals surface area contributed by atoms with Crippen molar-refractivity contribution in [2.45, 2.75) is 5.97 Å². The van der Waals surface area contributed by atoms with Gasteiger partial charge in [-0.3, -0.25) is 9.47 Å². The normalized spacial score (nSPS) is 19.7. The van der Waals surface area contributed by atoms with Crippen LogP contribution in [0, 0.1) is 0 Å². The van der Waals surface area contributed by atoms with Crippen molar-refractivity contribution >= 4 is 8.69 Å². The third-order valence-electron chi connectivity index (χ3n) is 1.78. The molecule has 5 heteroatoms. The Hall–Kier alpha value is -0.800. The quantitative estimate of drug-likeness (QED) is 0.697. The zero-order valence-corrected chi connectivity index (χ0v) is 7.57. The van der Waals surface area contributed by atoms with E-state index in [0.717, 1.165) is 0 Å². The van der Waals surface area contributed by atoms with E-state index in [4.69, 9.17) is 14.0 Å². The fraction of sp³-hybridized carbons (Fsp3) is 0.250. The third-order valence-corrected chi connectivity index (χ3v) is 2.10. The van der Waals surface area contributed by atoms with Crippen LogP contribution in [0.1, 0.15) is 5.56 Å². The lowest BCUT2D eigenvalue weighted by Gasteiger charge is -2.37. The second kappa shape index (κ2) is 3.52. The highest BCUT2D eigenvalue weighted by molar-refractivity contribution is 7.17. The van der Waals surface area contributed by atoms with E-state index in [1.165, 1.54) is 0 Å². The molecule has 1 aliphatic heterocycles. The average molecular weight is 198 g/mol. The molecule has 0 atom stereocenters. The number of hydrogen-bond acceptors (Lipinski definition) is 4. The summed E-state index contributed by atoms with van der Waals surface area (Å²) < 4.78 is 25.3. The Balaban J connectivity index is 2.26. The first-order valence-corrected chi connectivity index (χ1v) is 4.45. The minimum Gasteiger partial charge on any atom is -0.296 e. The Bertz CT molecular complexity index is 296. The topological polar surface area (TPSA) is 44.8 Å². The smallest absolute Gasteiger partial charge is 0.296 e. The molecule has 0 saturated carbocycles. The molecule has 0 aromatic heterocycles. The maximum Gasteiger partial charge on any atom is 0.332 e. The Kier molecular flexibility index (Phi) is 2.38. The molecule has 1 aliphatic rings. The van der Waals surface area contributed by atoms with Crippen LogP contribution >= 0.6 is 8.69 Å². The molecule has 0 radical (unpaired) electrons. The van der Waals surface area contributed by atoms with Crippen LogP contribution in [-0.4, -0.2) is 6.79 Å². The molecule has 1 aromatic carbocycles. The lowest BCUT2D eigenvalue weighted by molar-refractivity contribution is -0.487. The Morgan fingerprint density at radius 1 is 1.31 bits per heavy atom. The largest absolute Gasteiger partial charge is 0.332 e. The van der Waals surface area contributed by atoms with Gasteiger partial charge in [0.05, 0.1) is 0 Å². The van der Waals surface area contributed by atoms with Gasteiger partial charge in [-0.1, -0.05) is 30.3 Å². The first kappa shape index (κ1) is 8.78. The average Bonchev–Trinajstić information content (AvgIpc) is 2.13. The SMILES string of the molecule is O=POC1(c2ccccc2)OCO1. The van der Waals surface area contributed by atoms with Gasteiger partial charge in [0.25, 0.3) is 0 Å². The van der Waals surface area contributed by atoms with E-state index in [1.54, 1.807) is 12.1 Å².